The first kappa shape index (κ1) is 21.9. The summed E-state index contributed by atoms with van der Waals surface area (Å²) in [7, 11) is -1.93. The first-order chi connectivity index (χ1) is 14.9. The summed E-state index contributed by atoms with van der Waals surface area (Å²) in [6.45, 7) is 0.522. The molecule has 5 atom stereocenters. The van der Waals surface area contributed by atoms with Gasteiger partial charge < -0.3 is 0 Å². The summed E-state index contributed by atoms with van der Waals surface area (Å²) in [5.74, 6) is 1.18. The Bertz CT molecular complexity index is 923. The van der Waals surface area contributed by atoms with E-state index < -0.39 is 31.7 Å². The zero-order valence-corrected chi connectivity index (χ0v) is 19.9. The van der Waals surface area contributed by atoms with Crippen molar-refractivity contribution in [3.05, 3.63) is 40.8 Å². The molecule has 14 heteroatoms. The number of benzene rings is 1. The quantitative estimate of drug-likeness (QED) is 0.300. The Hall–Kier alpha value is -0.950. The minimum absolute atomic E-state index is 0.173. The molecule has 0 amide bonds. The van der Waals surface area contributed by atoms with Gasteiger partial charge in [-0.3, -0.25) is 0 Å². The number of aliphatic imine (C=N–C) groups is 1. The van der Waals surface area contributed by atoms with Crippen LogP contribution in [-0.4, -0.2) is 66.1 Å². The number of nitrogens with one attached hydrogen (secondary N) is 2. The number of halogens is 1. The minimum atomic E-state index is -3.52. The van der Waals surface area contributed by atoms with E-state index in [1.54, 1.807) is 18.9 Å². The van der Waals surface area contributed by atoms with E-state index in [0.29, 0.717) is 23.2 Å². The second-order valence-corrected chi connectivity index (χ2v) is 12.2. The SMILES string of the molecule is COC1C(N2C3=C(NC2Sc2ccc(Cl)cc2)C(N)=NCN3)OC2CO[PH](O)(S)O[C@H]21. The van der Waals surface area contributed by atoms with Crippen LogP contribution in [0.15, 0.2) is 45.7 Å². The van der Waals surface area contributed by atoms with Gasteiger partial charge in [0.1, 0.15) is 0 Å². The van der Waals surface area contributed by atoms with Crippen molar-refractivity contribution in [3.8, 4) is 0 Å². The van der Waals surface area contributed by atoms with E-state index in [4.69, 9.17) is 35.9 Å². The third-order valence-corrected chi connectivity index (χ3v) is 8.58. The van der Waals surface area contributed by atoms with E-state index in [2.05, 4.69) is 27.9 Å². The van der Waals surface area contributed by atoms with Gasteiger partial charge in [0.2, 0.25) is 0 Å². The molecule has 2 saturated heterocycles. The van der Waals surface area contributed by atoms with Crippen molar-refractivity contribution in [2.24, 2.45) is 10.7 Å². The van der Waals surface area contributed by atoms with Crippen molar-refractivity contribution < 1.29 is 23.4 Å². The molecule has 0 spiro atoms. The monoisotopic (exact) mass is 507 g/mol. The fourth-order valence-electron chi connectivity index (χ4n) is 4.01. The van der Waals surface area contributed by atoms with E-state index in [1.807, 2.05) is 29.2 Å². The molecule has 2 fully saturated rings. The normalized spacial score (nSPS) is 35.0. The molecule has 0 aromatic heterocycles. The molecule has 10 nitrogen and oxygen atoms in total. The van der Waals surface area contributed by atoms with Crippen LogP contribution in [0.3, 0.4) is 0 Å². The van der Waals surface area contributed by atoms with Gasteiger partial charge in [-0.2, -0.15) is 0 Å². The van der Waals surface area contributed by atoms with Crippen LogP contribution in [0.1, 0.15) is 0 Å². The molecule has 31 heavy (non-hydrogen) atoms. The summed E-state index contributed by atoms with van der Waals surface area (Å²) in [5.41, 5.74) is 6.58. The number of amidine groups is 1. The summed E-state index contributed by atoms with van der Waals surface area (Å²) < 4.78 is 23.2. The van der Waals surface area contributed by atoms with E-state index in [1.165, 1.54) is 0 Å². The number of nitrogens with zero attached hydrogens (tertiary/aromatic N) is 2. The summed E-state index contributed by atoms with van der Waals surface area (Å²) in [6, 6.07) is 7.57. The Morgan fingerprint density at radius 3 is 2.94 bits per heavy atom. The topological polar surface area (TPSA) is 123 Å². The second-order valence-electron chi connectivity index (χ2n) is 7.28. The molecule has 5 rings (SSSR count). The number of thiol groups is 1. The maximum atomic E-state index is 10.2. The van der Waals surface area contributed by atoms with Gasteiger partial charge in [-0.05, 0) is 0 Å². The number of hydrogen-bond acceptors (Lipinski definition) is 12. The summed E-state index contributed by atoms with van der Waals surface area (Å²) >= 11 is 11.7. The van der Waals surface area contributed by atoms with Crippen LogP contribution in [0.5, 0.6) is 0 Å². The molecule has 4 aliphatic rings. The molecular formula is C17H23ClN5O5PS2. The Labute approximate surface area is 194 Å². The molecule has 4 aliphatic heterocycles. The molecule has 1 aromatic rings. The van der Waals surface area contributed by atoms with Crippen molar-refractivity contribution in [3.63, 3.8) is 0 Å². The fourth-order valence-corrected chi connectivity index (χ4v) is 6.88. The number of ether oxygens (including phenoxy) is 2. The molecule has 5 N–H and O–H groups in total. The van der Waals surface area contributed by atoms with Gasteiger partial charge in [-0.15, -0.1) is 0 Å². The van der Waals surface area contributed by atoms with E-state index in [-0.39, 0.29) is 12.1 Å². The van der Waals surface area contributed by atoms with Crippen molar-refractivity contribution in [2.45, 2.75) is 34.9 Å². The molecule has 4 unspecified atom stereocenters. The van der Waals surface area contributed by atoms with Gasteiger partial charge in [-0.25, -0.2) is 0 Å². The molecule has 0 bridgehead atoms. The van der Waals surface area contributed by atoms with Crippen LogP contribution in [0, 0.1) is 0 Å². The van der Waals surface area contributed by atoms with Gasteiger partial charge in [0, 0.05) is 0 Å². The van der Waals surface area contributed by atoms with E-state index in [9.17, 15) is 4.89 Å². The Morgan fingerprint density at radius 1 is 1.42 bits per heavy atom. The van der Waals surface area contributed by atoms with Crippen LogP contribution in [0.25, 0.3) is 0 Å². The standard InChI is InChI=1S/C17H23ClN5O5PS2/c1-25-13-12-10(6-26-29(24,30)28-12)27-16(13)23-15-11(14(19)20-7-21-15)22-17(23)31-9-4-2-8(18)3-5-9/h2-5,10,12-13,16-17,21-22,24,29-30H,6-7H2,1H3,(H2,19,20)/t10?,12-,13?,16?,17?/m1/s1. The van der Waals surface area contributed by atoms with E-state index in [0.717, 1.165) is 10.7 Å². The van der Waals surface area contributed by atoms with Crippen LogP contribution in [-0.2, 0) is 18.5 Å². The maximum absolute atomic E-state index is 10.2. The Kier molecular flexibility index (Phi) is 5.95. The van der Waals surface area contributed by atoms with Crippen molar-refractivity contribution in [1.29, 1.82) is 0 Å². The predicted molar refractivity (Wildman–Crippen MR) is 123 cm³/mol. The van der Waals surface area contributed by atoms with Crippen LogP contribution < -0.4 is 16.4 Å². The molecule has 0 saturated carbocycles. The molecule has 0 aliphatic carbocycles. The fraction of sp³-hybridized carbons (Fsp3) is 0.471. The van der Waals surface area contributed by atoms with Gasteiger partial charge in [0.05, 0.1) is 0 Å². The van der Waals surface area contributed by atoms with Crippen LogP contribution in [0.4, 0.5) is 0 Å². The van der Waals surface area contributed by atoms with Crippen LogP contribution >= 0.6 is 42.8 Å². The third kappa shape index (κ3) is 4.09. The second kappa shape index (κ2) is 8.44. The number of rotatable bonds is 4. The van der Waals surface area contributed by atoms with Crippen molar-refractivity contribution >= 4 is 48.6 Å². The Morgan fingerprint density at radius 2 is 2.19 bits per heavy atom. The number of nitrogens with two attached hydrogens (primary N) is 1. The number of fused-ring (bicyclic) bond motifs is 1. The molecular weight excluding hydrogens is 485 g/mol. The van der Waals surface area contributed by atoms with E-state index >= 15 is 0 Å². The van der Waals surface area contributed by atoms with Crippen molar-refractivity contribution in [2.75, 3.05) is 20.4 Å². The average molecular weight is 508 g/mol. The zero-order chi connectivity index (χ0) is 21.8. The van der Waals surface area contributed by atoms with Gasteiger partial charge in [-0.1, -0.05) is 0 Å². The average Bonchev–Trinajstić information content (AvgIpc) is 3.26. The van der Waals surface area contributed by atoms with Gasteiger partial charge in [0.25, 0.3) is 0 Å². The number of hydrogen-bond donors (Lipinski definition) is 5. The summed E-state index contributed by atoms with van der Waals surface area (Å²) in [5, 5.41) is 7.38. The van der Waals surface area contributed by atoms with Crippen LogP contribution in [0.2, 0.25) is 5.02 Å². The molecule has 4 heterocycles. The zero-order valence-electron chi connectivity index (χ0n) is 16.4. The number of thioether (sulfide) groups is 1. The van der Waals surface area contributed by atoms with Gasteiger partial charge in [0.15, 0.2) is 0 Å². The van der Waals surface area contributed by atoms with Crippen molar-refractivity contribution in [1.82, 2.24) is 15.5 Å². The first-order valence-electron chi connectivity index (χ1n) is 9.56. The predicted octanol–water partition coefficient (Wildman–Crippen LogP) is 1.20. The Balaban J connectivity index is 1.47. The molecule has 1 aromatic carbocycles. The molecule has 0 radical (unpaired) electrons. The third-order valence-electron chi connectivity index (χ3n) is 5.39. The van der Waals surface area contributed by atoms with Gasteiger partial charge >= 0.3 is 194 Å². The molecule has 170 valence electrons. The summed E-state index contributed by atoms with van der Waals surface area (Å²) in [6.07, 6.45) is -1.96. The first-order valence-corrected chi connectivity index (χ1v) is 13.9. The summed E-state index contributed by atoms with van der Waals surface area (Å²) in [4.78, 5) is 17.5. The number of methoxy groups -OCH3 is 1.